The van der Waals surface area contributed by atoms with Crippen molar-refractivity contribution >= 4 is 27.3 Å². The number of carbonyl (C=O) groups is 1. The second-order valence-electron chi connectivity index (χ2n) is 4.61. The van der Waals surface area contributed by atoms with Gasteiger partial charge in [-0.1, -0.05) is 53.3 Å². The summed E-state index contributed by atoms with van der Waals surface area (Å²) in [5.41, 5.74) is 5.07. The van der Waals surface area contributed by atoms with Gasteiger partial charge in [0.2, 0.25) is 23.4 Å². The van der Waals surface area contributed by atoms with Gasteiger partial charge in [0, 0.05) is 11.6 Å². The summed E-state index contributed by atoms with van der Waals surface area (Å²) in [7, 11) is 0. The fourth-order valence-corrected chi connectivity index (χ4v) is 2.97. The number of fused-ring (bicyclic) bond motifs is 1. The lowest BCUT2D eigenvalue weighted by molar-refractivity contribution is -0.652. The first-order valence-electron chi connectivity index (χ1n) is 6.19. The molecule has 0 saturated carbocycles. The van der Waals surface area contributed by atoms with Crippen LogP contribution in [0.2, 0.25) is 0 Å². The summed E-state index contributed by atoms with van der Waals surface area (Å²) in [5.74, 6) is 0.147. The summed E-state index contributed by atoms with van der Waals surface area (Å²) in [5, 5.41) is 0. The number of para-hydroxylation sites is 1. The highest BCUT2D eigenvalue weighted by Gasteiger charge is 2.16. The van der Waals surface area contributed by atoms with Crippen molar-refractivity contribution in [2.45, 2.75) is 13.5 Å². The Labute approximate surface area is 115 Å². The first-order valence-corrected chi connectivity index (χ1v) is 7.07. The van der Waals surface area contributed by atoms with Crippen LogP contribution >= 0.6 is 11.3 Å². The molecule has 2 aromatic carbocycles. The van der Waals surface area contributed by atoms with E-state index in [9.17, 15) is 4.79 Å². The summed E-state index contributed by atoms with van der Waals surface area (Å²) in [6, 6.07) is 15.9. The molecule has 0 amide bonds. The molecule has 0 fully saturated rings. The third-order valence-corrected chi connectivity index (χ3v) is 4.13. The van der Waals surface area contributed by atoms with E-state index in [4.69, 9.17) is 0 Å². The molecule has 0 spiro atoms. The summed E-state index contributed by atoms with van der Waals surface area (Å²) in [4.78, 5) is 12.3. The Morgan fingerprint density at radius 1 is 1.11 bits per heavy atom. The minimum atomic E-state index is 0.147. The topological polar surface area (TPSA) is 20.9 Å². The quantitative estimate of drug-likeness (QED) is 0.527. The fraction of sp³-hybridized carbons (Fsp3) is 0.125. The van der Waals surface area contributed by atoms with Gasteiger partial charge in [-0.2, -0.15) is 4.57 Å². The first-order chi connectivity index (χ1) is 9.24. The SMILES string of the molecule is Cc1ccc(C(=O)C[n+]2csc3ccccc32)cc1. The Kier molecular flexibility index (Phi) is 3.13. The number of ketones is 1. The molecule has 2 nitrogen and oxygen atoms in total. The number of rotatable bonds is 3. The molecule has 0 bridgehead atoms. The average Bonchev–Trinajstić information content (AvgIpc) is 2.83. The van der Waals surface area contributed by atoms with E-state index in [1.807, 2.05) is 59.5 Å². The van der Waals surface area contributed by atoms with Gasteiger partial charge in [-0.15, -0.1) is 0 Å². The maximum atomic E-state index is 12.3. The van der Waals surface area contributed by atoms with Crippen molar-refractivity contribution in [3.8, 4) is 0 Å². The highest BCUT2D eigenvalue weighted by atomic mass is 32.1. The minimum Gasteiger partial charge on any atom is -0.287 e. The molecular weight excluding hydrogens is 254 g/mol. The molecule has 0 radical (unpaired) electrons. The predicted octanol–water partition coefficient (Wildman–Crippen LogP) is 3.38. The second-order valence-corrected chi connectivity index (χ2v) is 5.49. The Hall–Kier alpha value is -2.00. The van der Waals surface area contributed by atoms with Gasteiger partial charge in [-0.25, -0.2) is 0 Å². The zero-order valence-corrected chi connectivity index (χ0v) is 11.5. The molecule has 0 atom stereocenters. The molecular formula is C16H14NOS+. The highest BCUT2D eigenvalue weighted by molar-refractivity contribution is 7.16. The number of aromatic nitrogens is 1. The molecule has 1 heterocycles. The number of benzene rings is 2. The van der Waals surface area contributed by atoms with Crippen molar-refractivity contribution in [3.63, 3.8) is 0 Å². The van der Waals surface area contributed by atoms with Gasteiger partial charge in [0.15, 0.2) is 0 Å². The monoisotopic (exact) mass is 268 g/mol. The molecule has 19 heavy (non-hydrogen) atoms. The van der Waals surface area contributed by atoms with Crippen LogP contribution in [0.3, 0.4) is 0 Å². The average molecular weight is 268 g/mol. The molecule has 3 rings (SSSR count). The molecule has 0 unspecified atom stereocenters. The lowest BCUT2D eigenvalue weighted by Gasteiger charge is -1.98. The number of thiazole rings is 1. The van der Waals surface area contributed by atoms with E-state index in [0.29, 0.717) is 6.54 Å². The smallest absolute Gasteiger partial charge is 0.227 e. The summed E-state index contributed by atoms with van der Waals surface area (Å²) >= 11 is 1.66. The lowest BCUT2D eigenvalue weighted by Crippen LogP contribution is -2.36. The van der Waals surface area contributed by atoms with Gasteiger partial charge in [0.05, 0.1) is 0 Å². The number of carbonyl (C=O) groups excluding carboxylic acids is 1. The second kappa shape index (κ2) is 4.94. The maximum absolute atomic E-state index is 12.3. The van der Waals surface area contributed by atoms with E-state index in [1.54, 1.807) is 11.3 Å². The Bertz CT molecular complexity index is 728. The van der Waals surface area contributed by atoms with Crippen LogP contribution in [-0.2, 0) is 6.54 Å². The zero-order valence-electron chi connectivity index (χ0n) is 10.7. The van der Waals surface area contributed by atoms with Gasteiger partial charge < -0.3 is 0 Å². The van der Waals surface area contributed by atoms with Crippen LogP contribution in [0.25, 0.3) is 10.2 Å². The standard InChI is InChI=1S/C16H14NOS/c1-12-6-8-13(9-7-12)15(18)10-17-11-19-16-5-3-2-4-14(16)17/h2-9,11H,10H2,1H3/q+1. The molecule has 3 aromatic rings. The van der Waals surface area contributed by atoms with E-state index in [2.05, 4.69) is 6.07 Å². The van der Waals surface area contributed by atoms with Crippen molar-refractivity contribution in [2.24, 2.45) is 0 Å². The van der Waals surface area contributed by atoms with Crippen LogP contribution in [-0.4, -0.2) is 5.78 Å². The largest absolute Gasteiger partial charge is 0.287 e. The molecule has 1 aromatic heterocycles. The minimum absolute atomic E-state index is 0.147. The van der Waals surface area contributed by atoms with Gasteiger partial charge >= 0.3 is 0 Å². The molecule has 0 saturated heterocycles. The van der Waals surface area contributed by atoms with Crippen LogP contribution in [0.15, 0.2) is 54.0 Å². The van der Waals surface area contributed by atoms with E-state index < -0.39 is 0 Å². The van der Waals surface area contributed by atoms with Crippen molar-refractivity contribution in [1.82, 2.24) is 0 Å². The van der Waals surface area contributed by atoms with Crippen molar-refractivity contribution in [2.75, 3.05) is 0 Å². The van der Waals surface area contributed by atoms with Crippen LogP contribution in [0.1, 0.15) is 15.9 Å². The third kappa shape index (κ3) is 2.42. The molecule has 0 aliphatic carbocycles. The first kappa shape index (κ1) is 12.1. The van der Waals surface area contributed by atoms with Crippen LogP contribution in [0.5, 0.6) is 0 Å². The molecule has 0 N–H and O–H groups in total. The summed E-state index contributed by atoms with van der Waals surface area (Å²) < 4.78 is 3.22. The van der Waals surface area contributed by atoms with E-state index in [0.717, 1.165) is 11.1 Å². The molecule has 3 heteroatoms. The predicted molar refractivity (Wildman–Crippen MR) is 77.5 cm³/mol. The molecule has 94 valence electrons. The van der Waals surface area contributed by atoms with Gasteiger partial charge in [0.25, 0.3) is 0 Å². The number of hydrogen-bond acceptors (Lipinski definition) is 2. The lowest BCUT2D eigenvalue weighted by atomic mass is 10.1. The molecule has 0 aliphatic rings. The van der Waals surface area contributed by atoms with E-state index >= 15 is 0 Å². The number of nitrogens with zero attached hydrogens (tertiary/aromatic N) is 1. The summed E-state index contributed by atoms with van der Waals surface area (Å²) in [6.45, 7) is 2.42. The van der Waals surface area contributed by atoms with E-state index in [-0.39, 0.29) is 5.78 Å². The van der Waals surface area contributed by atoms with Crippen LogP contribution < -0.4 is 4.57 Å². The van der Waals surface area contributed by atoms with Crippen LogP contribution in [0, 0.1) is 6.92 Å². The Morgan fingerprint density at radius 2 is 1.84 bits per heavy atom. The van der Waals surface area contributed by atoms with Crippen LogP contribution in [0.4, 0.5) is 0 Å². The Balaban J connectivity index is 1.89. The van der Waals surface area contributed by atoms with Gasteiger partial charge in [0.1, 0.15) is 4.70 Å². The van der Waals surface area contributed by atoms with Crippen molar-refractivity contribution in [1.29, 1.82) is 0 Å². The van der Waals surface area contributed by atoms with Gasteiger partial charge in [-0.3, -0.25) is 4.79 Å². The van der Waals surface area contributed by atoms with Crippen molar-refractivity contribution in [3.05, 3.63) is 65.2 Å². The normalized spacial score (nSPS) is 10.8. The fourth-order valence-electron chi connectivity index (χ4n) is 2.08. The van der Waals surface area contributed by atoms with Gasteiger partial charge in [-0.05, 0) is 13.0 Å². The summed E-state index contributed by atoms with van der Waals surface area (Å²) in [6.07, 6.45) is 0. The maximum Gasteiger partial charge on any atom is 0.227 e. The van der Waals surface area contributed by atoms with Crippen molar-refractivity contribution < 1.29 is 9.36 Å². The molecule has 0 aliphatic heterocycles. The zero-order chi connectivity index (χ0) is 13.2. The number of aryl methyl sites for hydroxylation is 1. The Morgan fingerprint density at radius 3 is 2.63 bits per heavy atom. The third-order valence-electron chi connectivity index (χ3n) is 3.17. The number of hydrogen-bond donors (Lipinski definition) is 0. The number of Topliss-reactive ketones (excluding diaryl/α,β-unsaturated/α-hetero) is 1. The highest BCUT2D eigenvalue weighted by Crippen LogP contribution is 2.15. The van der Waals surface area contributed by atoms with E-state index in [1.165, 1.54) is 10.3 Å².